The summed E-state index contributed by atoms with van der Waals surface area (Å²) < 4.78 is 29.6. The Hall–Kier alpha value is -1.60. The molecule has 0 heterocycles. The fourth-order valence-corrected chi connectivity index (χ4v) is 3.80. The molecule has 0 bridgehead atoms. The highest BCUT2D eigenvalue weighted by Gasteiger charge is 2.27. The normalized spacial score (nSPS) is 12.9. The number of rotatable bonds is 9. The van der Waals surface area contributed by atoms with Crippen molar-refractivity contribution in [2.75, 3.05) is 18.1 Å². The van der Waals surface area contributed by atoms with Crippen molar-refractivity contribution in [3.8, 4) is 5.75 Å². The molecule has 6 nitrogen and oxygen atoms in total. The first-order valence-electron chi connectivity index (χ1n) is 7.18. The number of hydrogen-bond acceptors (Lipinski definition) is 5. The Kier molecular flexibility index (Phi) is 7.34. The number of carbonyl (C=O) groups is 1. The molecule has 0 aromatic heterocycles. The van der Waals surface area contributed by atoms with Crippen LogP contribution in [0.1, 0.15) is 20.3 Å². The maximum absolute atomic E-state index is 12.1. The number of benzene rings is 1. The minimum atomic E-state index is -3.39. The molecule has 1 amide bonds. The van der Waals surface area contributed by atoms with Gasteiger partial charge in [-0.2, -0.15) is 0 Å². The third-order valence-electron chi connectivity index (χ3n) is 3.30. The lowest BCUT2D eigenvalue weighted by Gasteiger charge is -2.18. The summed E-state index contributed by atoms with van der Waals surface area (Å²) in [5.74, 6) is -1.24. The van der Waals surface area contributed by atoms with E-state index in [0.29, 0.717) is 18.8 Å². The molecule has 22 heavy (non-hydrogen) atoms. The summed E-state index contributed by atoms with van der Waals surface area (Å²) in [5, 5.41) is 8.68. The van der Waals surface area contributed by atoms with Crippen molar-refractivity contribution >= 4 is 15.7 Å². The molecule has 0 aliphatic carbocycles. The monoisotopic (exact) mass is 329 g/mol. The zero-order chi connectivity index (χ0) is 16.6. The quantitative estimate of drug-likeness (QED) is 0.408. The minimum absolute atomic E-state index is 0.0538. The average molecular weight is 329 g/mol. The second kappa shape index (κ2) is 8.75. The summed E-state index contributed by atoms with van der Waals surface area (Å²) in [5.41, 5.74) is 1.53. The van der Waals surface area contributed by atoms with Gasteiger partial charge < -0.3 is 4.74 Å². The van der Waals surface area contributed by atoms with Crippen LogP contribution in [0.2, 0.25) is 0 Å². The van der Waals surface area contributed by atoms with Crippen LogP contribution in [-0.2, 0) is 14.6 Å². The first kappa shape index (κ1) is 18.4. The number of hydroxylamine groups is 1. The Bertz CT molecular complexity index is 557. The molecule has 0 spiro atoms. The fourth-order valence-electron chi connectivity index (χ4n) is 2.00. The van der Waals surface area contributed by atoms with Crippen LogP contribution in [0.15, 0.2) is 30.3 Å². The zero-order valence-electron chi connectivity index (χ0n) is 12.9. The Labute approximate surface area is 131 Å². The van der Waals surface area contributed by atoms with Crippen LogP contribution in [-0.4, -0.2) is 37.6 Å². The molecule has 0 saturated heterocycles. The highest BCUT2D eigenvalue weighted by atomic mass is 32.2. The Morgan fingerprint density at radius 3 is 2.45 bits per heavy atom. The largest absolute Gasteiger partial charge is 0.494 e. The molecule has 1 aromatic rings. The lowest BCUT2D eigenvalue weighted by molar-refractivity contribution is -0.133. The van der Waals surface area contributed by atoms with Crippen LogP contribution < -0.4 is 10.2 Å². The highest BCUT2D eigenvalue weighted by Crippen LogP contribution is 2.15. The first-order chi connectivity index (χ1) is 10.4. The van der Waals surface area contributed by atoms with Gasteiger partial charge in [0.25, 0.3) is 0 Å². The smallest absolute Gasteiger partial charge is 0.247 e. The van der Waals surface area contributed by atoms with Crippen LogP contribution in [0.4, 0.5) is 0 Å². The van der Waals surface area contributed by atoms with Gasteiger partial charge in [-0.25, -0.2) is 13.9 Å². The maximum Gasteiger partial charge on any atom is 0.247 e. The van der Waals surface area contributed by atoms with Gasteiger partial charge in [-0.15, -0.1) is 0 Å². The molecular formula is C15H23NO5S. The SMILES string of the molecule is CC(C)C(CS(=O)(=O)CCCOc1ccccc1)C(=O)NO. The van der Waals surface area contributed by atoms with Crippen LogP contribution in [0, 0.1) is 11.8 Å². The molecule has 2 N–H and O–H groups in total. The number of hydrogen-bond donors (Lipinski definition) is 2. The van der Waals surface area contributed by atoms with Crippen molar-refractivity contribution in [1.29, 1.82) is 0 Å². The van der Waals surface area contributed by atoms with Gasteiger partial charge in [-0.3, -0.25) is 10.0 Å². The van der Waals surface area contributed by atoms with Gasteiger partial charge in [-0.1, -0.05) is 32.0 Å². The average Bonchev–Trinajstić information content (AvgIpc) is 2.49. The van der Waals surface area contributed by atoms with Crippen molar-refractivity contribution < 1.29 is 23.2 Å². The minimum Gasteiger partial charge on any atom is -0.494 e. The first-order valence-corrected chi connectivity index (χ1v) is 9.00. The molecule has 0 fully saturated rings. The van der Waals surface area contributed by atoms with Crippen LogP contribution in [0.5, 0.6) is 5.75 Å². The number of ether oxygens (including phenoxy) is 1. The Balaban J connectivity index is 2.44. The van der Waals surface area contributed by atoms with E-state index in [2.05, 4.69) is 0 Å². The summed E-state index contributed by atoms with van der Waals surface area (Å²) in [6.07, 6.45) is 0.350. The maximum atomic E-state index is 12.1. The molecule has 1 atom stereocenters. The van der Waals surface area contributed by atoms with Gasteiger partial charge in [0.05, 0.1) is 24.0 Å². The van der Waals surface area contributed by atoms with Crippen LogP contribution in [0.3, 0.4) is 0 Å². The molecule has 0 saturated carbocycles. The Morgan fingerprint density at radius 1 is 1.27 bits per heavy atom. The Morgan fingerprint density at radius 2 is 1.91 bits per heavy atom. The van der Waals surface area contributed by atoms with Gasteiger partial charge >= 0.3 is 0 Å². The topological polar surface area (TPSA) is 92.7 Å². The lowest BCUT2D eigenvalue weighted by atomic mass is 9.97. The standard InChI is InChI=1S/C15H23NO5S/c1-12(2)14(15(17)16-18)11-22(19,20)10-6-9-21-13-7-4-3-5-8-13/h3-5,7-8,12,14,18H,6,9-11H2,1-2H3,(H,16,17). The molecule has 7 heteroatoms. The molecule has 124 valence electrons. The predicted octanol–water partition coefficient (Wildman–Crippen LogP) is 1.65. The number of nitrogens with one attached hydrogen (secondary N) is 1. The van der Waals surface area contributed by atoms with Gasteiger partial charge in [0.1, 0.15) is 5.75 Å². The van der Waals surface area contributed by atoms with E-state index in [4.69, 9.17) is 9.94 Å². The third-order valence-corrected chi connectivity index (χ3v) is 5.07. The van der Waals surface area contributed by atoms with E-state index in [1.165, 1.54) is 5.48 Å². The van der Waals surface area contributed by atoms with Crippen molar-refractivity contribution in [1.82, 2.24) is 5.48 Å². The van der Waals surface area contributed by atoms with E-state index in [0.717, 1.165) is 0 Å². The molecular weight excluding hydrogens is 306 g/mol. The van der Waals surface area contributed by atoms with E-state index >= 15 is 0 Å². The van der Waals surface area contributed by atoms with Crippen LogP contribution >= 0.6 is 0 Å². The number of sulfone groups is 1. The van der Waals surface area contributed by atoms with Crippen molar-refractivity contribution in [2.45, 2.75) is 20.3 Å². The second-order valence-corrected chi connectivity index (χ2v) is 7.68. The zero-order valence-corrected chi connectivity index (χ0v) is 13.7. The molecule has 1 unspecified atom stereocenters. The molecule has 0 aliphatic rings. The van der Waals surface area contributed by atoms with E-state index in [1.54, 1.807) is 26.0 Å². The van der Waals surface area contributed by atoms with E-state index in [-0.39, 0.29) is 17.4 Å². The summed E-state index contributed by atoms with van der Waals surface area (Å²) in [7, 11) is -3.39. The summed E-state index contributed by atoms with van der Waals surface area (Å²) in [6.45, 7) is 3.78. The lowest BCUT2D eigenvalue weighted by Crippen LogP contribution is -2.36. The van der Waals surface area contributed by atoms with E-state index in [9.17, 15) is 13.2 Å². The summed E-state index contributed by atoms with van der Waals surface area (Å²) in [6, 6.07) is 9.15. The van der Waals surface area contributed by atoms with Gasteiger partial charge in [-0.05, 0) is 24.5 Å². The fraction of sp³-hybridized carbons (Fsp3) is 0.533. The second-order valence-electron chi connectivity index (χ2n) is 5.46. The van der Waals surface area contributed by atoms with Crippen LogP contribution in [0.25, 0.3) is 0 Å². The van der Waals surface area contributed by atoms with Crippen molar-refractivity contribution in [3.63, 3.8) is 0 Å². The summed E-state index contributed by atoms with van der Waals surface area (Å²) in [4.78, 5) is 11.5. The third kappa shape index (κ3) is 6.44. The van der Waals surface area contributed by atoms with Gasteiger partial charge in [0.15, 0.2) is 9.84 Å². The number of para-hydroxylation sites is 1. The predicted molar refractivity (Wildman–Crippen MR) is 83.5 cm³/mol. The van der Waals surface area contributed by atoms with E-state index < -0.39 is 21.7 Å². The highest BCUT2D eigenvalue weighted by molar-refractivity contribution is 7.91. The number of carbonyl (C=O) groups excluding carboxylic acids is 1. The molecule has 1 aromatic carbocycles. The molecule has 0 radical (unpaired) electrons. The van der Waals surface area contributed by atoms with Gasteiger partial charge in [0, 0.05) is 0 Å². The molecule has 1 rings (SSSR count). The van der Waals surface area contributed by atoms with Crippen molar-refractivity contribution in [2.24, 2.45) is 11.8 Å². The van der Waals surface area contributed by atoms with Crippen molar-refractivity contribution in [3.05, 3.63) is 30.3 Å². The number of amides is 1. The summed E-state index contributed by atoms with van der Waals surface area (Å²) >= 11 is 0. The van der Waals surface area contributed by atoms with E-state index in [1.807, 2.05) is 18.2 Å². The van der Waals surface area contributed by atoms with Gasteiger partial charge in [0.2, 0.25) is 5.91 Å². The molecule has 0 aliphatic heterocycles.